The average Bonchev–Trinajstić information content (AvgIpc) is 2.97. The molecule has 0 atom stereocenters. The Bertz CT molecular complexity index is 1840. The quantitative estimate of drug-likeness (QED) is 0.128. The zero-order chi connectivity index (χ0) is 28.0. The van der Waals surface area contributed by atoms with Crippen LogP contribution in [0.3, 0.4) is 0 Å². The standard InChI is InChI=1S/C36H30O4/c1-5-29(37)39-35-25-17-9-7-15-23(25)33(27-19-11-13-21(3)31(27)35)34-24-16-8-10-18-26(24)36(40-30(38)6-2)32-22(4)14-12-20-28(32)34/h7-20H,5-6H2,1-4H3. The van der Waals surface area contributed by atoms with E-state index in [1.807, 2.05) is 62.4 Å². The molecule has 4 nitrogen and oxygen atoms in total. The molecule has 198 valence electrons. The third-order valence-electron chi connectivity index (χ3n) is 7.68. The lowest BCUT2D eigenvalue weighted by atomic mass is 9.84. The Morgan fingerprint density at radius 1 is 0.500 bits per heavy atom. The first-order valence-electron chi connectivity index (χ1n) is 13.7. The highest BCUT2D eigenvalue weighted by Gasteiger charge is 2.24. The highest BCUT2D eigenvalue weighted by Crippen LogP contribution is 2.50. The molecule has 40 heavy (non-hydrogen) atoms. The lowest BCUT2D eigenvalue weighted by Gasteiger charge is -2.22. The summed E-state index contributed by atoms with van der Waals surface area (Å²) in [6.07, 6.45) is 0.575. The number of benzene rings is 6. The Kier molecular flexibility index (Phi) is 6.47. The van der Waals surface area contributed by atoms with Crippen molar-refractivity contribution in [1.29, 1.82) is 0 Å². The summed E-state index contributed by atoms with van der Waals surface area (Å²) >= 11 is 0. The van der Waals surface area contributed by atoms with Gasteiger partial charge in [-0.1, -0.05) is 98.8 Å². The number of rotatable bonds is 5. The van der Waals surface area contributed by atoms with E-state index >= 15 is 0 Å². The summed E-state index contributed by atoms with van der Waals surface area (Å²) in [5.41, 5.74) is 4.18. The second-order valence-electron chi connectivity index (χ2n) is 10.1. The third kappa shape index (κ3) is 3.99. The SMILES string of the molecule is CCC(=O)Oc1c2ccccc2c(-c2c3ccccc3c(OC(=O)CC)c3c(C)cccc23)c2cccc(C)c12. The van der Waals surface area contributed by atoms with Crippen LogP contribution in [0.1, 0.15) is 37.8 Å². The fourth-order valence-corrected chi connectivity index (χ4v) is 5.84. The Labute approximate surface area is 233 Å². The van der Waals surface area contributed by atoms with Crippen molar-refractivity contribution < 1.29 is 19.1 Å². The van der Waals surface area contributed by atoms with E-state index in [2.05, 4.69) is 50.2 Å². The molecule has 0 aliphatic heterocycles. The molecule has 0 bridgehead atoms. The second-order valence-corrected chi connectivity index (χ2v) is 10.1. The molecule has 0 unspecified atom stereocenters. The summed E-state index contributed by atoms with van der Waals surface area (Å²) in [4.78, 5) is 25.2. The molecule has 0 aliphatic rings. The molecule has 0 amide bonds. The Hall–Kier alpha value is -4.70. The maximum absolute atomic E-state index is 12.6. The van der Waals surface area contributed by atoms with Gasteiger partial charge in [-0.3, -0.25) is 9.59 Å². The minimum Gasteiger partial charge on any atom is -0.425 e. The zero-order valence-corrected chi connectivity index (χ0v) is 23.1. The van der Waals surface area contributed by atoms with Crippen LogP contribution in [-0.4, -0.2) is 11.9 Å². The van der Waals surface area contributed by atoms with Gasteiger partial charge in [0.2, 0.25) is 0 Å². The number of aryl methyl sites for hydroxylation is 2. The molecule has 0 saturated heterocycles. The van der Waals surface area contributed by atoms with Crippen LogP contribution in [0.25, 0.3) is 54.2 Å². The molecule has 6 aromatic carbocycles. The summed E-state index contributed by atoms with van der Waals surface area (Å²) in [5.74, 6) is 0.655. The van der Waals surface area contributed by atoms with E-state index in [-0.39, 0.29) is 24.8 Å². The molecule has 0 aliphatic carbocycles. The molecule has 0 spiro atoms. The molecule has 0 aromatic heterocycles. The number of carbonyl (C=O) groups excluding carboxylic acids is 2. The van der Waals surface area contributed by atoms with E-state index in [9.17, 15) is 9.59 Å². The van der Waals surface area contributed by atoms with Gasteiger partial charge in [-0.05, 0) is 57.6 Å². The van der Waals surface area contributed by atoms with Gasteiger partial charge in [0.05, 0.1) is 0 Å². The van der Waals surface area contributed by atoms with Gasteiger partial charge in [-0.2, -0.15) is 0 Å². The highest BCUT2D eigenvalue weighted by atomic mass is 16.5. The monoisotopic (exact) mass is 526 g/mol. The van der Waals surface area contributed by atoms with Crippen molar-refractivity contribution >= 4 is 55.0 Å². The molecule has 0 radical (unpaired) electrons. The maximum atomic E-state index is 12.6. The highest BCUT2D eigenvalue weighted by molar-refractivity contribution is 6.27. The van der Waals surface area contributed by atoms with Gasteiger partial charge in [0.25, 0.3) is 0 Å². The Morgan fingerprint density at radius 2 is 0.850 bits per heavy atom. The molecule has 0 N–H and O–H groups in total. The van der Waals surface area contributed by atoms with Crippen molar-refractivity contribution in [2.75, 3.05) is 0 Å². The van der Waals surface area contributed by atoms with E-state index in [1.54, 1.807) is 0 Å². The van der Waals surface area contributed by atoms with Crippen molar-refractivity contribution in [3.63, 3.8) is 0 Å². The van der Waals surface area contributed by atoms with E-state index < -0.39 is 0 Å². The molecular formula is C36H30O4. The van der Waals surface area contributed by atoms with E-state index in [0.717, 1.165) is 65.3 Å². The number of ether oxygens (including phenoxy) is 2. The van der Waals surface area contributed by atoms with Crippen LogP contribution in [0.5, 0.6) is 11.5 Å². The first-order valence-corrected chi connectivity index (χ1v) is 13.7. The molecular weight excluding hydrogens is 496 g/mol. The normalized spacial score (nSPS) is 11.4. The molecule has 0 heterocycles. The Balaban J connectivity index is 1.87. The van der Waals surface area contributed by atoms with Crippen molar-refractivity contribution in [3.8, 4) is 22.6 Å². The van der Waals surface area contributed by atoms with Crippen LogP contribution in [0.4, 0.5) is 0 Å². The second kappa shape index (κ2) is 10.1. The van der Waals surface area contributed by atoms with Gasteiger partial charge in [0, 0.05) is 34.4 Å². The van der Waals surface area contributed by atoms with Gasteiger partial charge in [0.15, 0.2) is 0 Å². The predicted octanol–water partition coefficient (Wildman–Crippen LogP) is 9.21. The molecule has 6 rings (SSSR count). The van der Waals surface area contributed by atoms with Gasteiger partial charge < -0.3 is 9.47 Å². The molecule has 0 fully saturated rings. The van der Waals surface area contributed by atoms with Crippen LogP contribution in [0, 0.1) is 13.8 Å². The van der Waals surface area contributed by atoms with Crippen molar-refractivity contribution in [2.45, 2.75) is 40.5 Å². The summed E-state index contributed by atoms with van der Waals surface area (Å²) in [5, 5.41) is 7.60. The predicted molar refractivity (Wildman–Crippen MR) is 163 cm³/mol. The lowest BCUT2D eigenvalue weighted by molar-refractivity contribution is -0.134. The maximum Gasteiger partial charge on any atom is 0.310 e. The van der Waals surface area contributed by atoms with Crippen molar-refractivity contribution in [1.82, 2.24) is 0 Å². The largest absolute Gasteiger partial charge is 0.425 e. The van der Waals surface area contributed by atoms with Crippen molar-refractivity contribution in [2.24, 2.45) is 0 Å². The van der Waals surface area contributed by atoms with E-state index in [4.69, 9.17) is 9.47 Å². The van der Waals surface area contributed by atoms with Crippen LogP contribution >= 0.6 is 0 Å². The topological polar surface area (TPSA) is 52.6 Å². The molecule has 6 aromatic rings. The number of hydrogen-bond donors (Lipinski definition) is 0. The van der Waals surface area contributed by atoms with E-state index in [1.165, 1.54) is 0 Å². The number of esters is 2. The summed E-state index contributed by atoms with van der Waals surface area (Å²) in [6, 6.07) is 28.7. The van der Waals surface area contributed by atoms with Crippen LogP contribution in [-0.2, 0) is 9.59 Å². The van der Waals surface area contributed by atoms with Gasteiger partial charge in [0.1, 0.15) is 11.5 Å². The molecule has 4 heteroatoms. The van der Waals surface area contributed by atoms with E-state index in [0.29, 0.717) is 11.5 Å². The zero-order valence-electron chi connectivity index (χ0n) is 23.1. The fraction of sp³-hybridized carbons (Fsp3) is 0.167. The van der Waals surface area contributed by atoms with Gasteiger partial charge >= 0.3 is 11.9 Å². The fourth-order valence-electron chi connectivity index (χ4n) is 5.84. The molecule has 0 saturated carbocycles. The van der Waals surface area contributed by atoms with Crippen LogP contribution < -0.4 is 9.47 Å². The Morgan fingerprint density at radius 3 is 1.23 bits per heavy atom. The van der Waals surface area contributed by atoms with Gasteiger partial charge in [-0.15, -0.1) is 0 Å². The summed E-state index contributed by atoms with van der Waals surface area (Å²) in [6.45, 7) is 7.72. The minimum atomic E-state index is -0.268. The first-order chi connectivity index (χ1) is 19.4. The smallest absolute Gasteiger partial charge is 0.310 e. The minimum absolute atomic E-state index is 0.268. The average molecular weight is 527 g/mol. The lowest BCUT2D eigenvalue weighted by Crippen LogP contribution is -2.08. The summed E-state index contributed by atoms with van der Waals surface area (Å²) in [7, 11) is 0. The van der Waals surface area contributed by atoms with Crippen molar-refractivity contribution in [3.05, 3.63) is 96.1 Å². The van der Waals surface area contributed by atoms with Gasteiger partial charge in [-0.25, -0.2) is 0 Å². The number of fused-ring (bicyclic) bond motifs is 4. The van der Waals surface area contributed by atoms with Crippen LogP contribution in [0.2, 0.25) is 0 Å². The first kappa shape index (κ1) is 25.6. The number of hydrogen-bond acceptors (Lipinski definition) is 4. The van der Waals surface area contributed by atoms with Crippen LogP contribution in [0.15, 0.2) is 84.9 Å². The number of carbonyl (C=O) groups is 2. The third-order valence-corrected chi connectivity index (χ3v) is 7.68. The summed E-state index contributed by atoms with van der Waals surface area (Å²) < 4.78 is 12.1.